The fourth-order valence-corrected chi connectivity index (χ4v) is 6.12. The smallest absolute Gasteiger partial charge is 0.423 e. The van der Waals surface area contributed by atoms with Crippen LogP contribution in [0.1, 0.15) is 39.6 Å². The molecule has 2 aromatic carbocycles. The van der Waals surface area contributed by atoms with E-state index in [2.05, 4.69) is 24.3 Å². The largest absolute Gasteiger partial charge is 0.488 e. The van der Waals surface area contributed by atoms with Crippen LogP contribution in [0.15, 0.2) is 58.8 Å². The lowest BCUT2D eigenvalue weighted by molar-refractivity contribution is 0.0718. The summed E-state index contributed by atoms with van der Waals surface area (Å²) in [6.45, 7) is 2.03. The first-order chi connectivity index (χ1) is 15.5. The van der Waals surface area contributed by atoms with Crippen molar-refractivity contribution in [3.63, 3.8) is 0 Å². The summed E-state index contributed by atoms with van der Waals surface area (Å²) < 4.78 is 1.05. The Bertz CT molecular complexity index is 1090. The molecule has 0 saturated carbocycles. The molecule has 5 nitrogen and oxygen atoms in total. The summed E-state index contributed by atoms with van der Waals surface area (Å²) in [7, 11) is -1.51. The van der Waals surface area contributed by atoms with E-state index in [9.17, 15) is 14.8 Å². The molecule has 0 spiro atoms. The van der Waals surface area contributed by atoms with Gasteiger partial charge in [-0.3, -0.25) is 4.79 Å². The van der Waals surface area contributed by atoms with Crippen molar-refractivity contribution in [2.45, 2.75) is 29.5 Å². The number of thiophene rings is 1. The van der Waals surface area contributed by atoms with E-state index >= 15 is 0 Å². The predicted molar refractivity (Wildman–Crippen MR) is 134 cm³/mol. The van der Waals surface area contributed by atoms with E-state index in [0.717, 1.165) is 51.7 Å². The topological polar surface area (TPSA) is 86.8 Å². The zero-order valence-corrected chi connectivity index (χ0v) is 19.7. The third-order valence-corrected chi connectivity index (χ3v) is 8.29. The highest BCUT2D eigenvalue weighted by Gasteiger charge is 2.27. The van der Waals surface area contributed by atoms with Crippen LogP contribution in [0.5, 0.6) is 0 Å². The predicted octanol–water partition coefficient (Wildman–Crippen LogP) is 3.30. The molecule has 1 aliphatic rings. The van der Waals surface area contributed by atoms with Crippen LogP contribution in [-0.2, 0) is 6.54 Å². The molecule has 0 aliphatic carbocycles. The quantitative estimate of drug-likeness (QED) is 0.384. The van der Waals surface area contributed by atoms with Gasteiger partial charge in [-0.05, 0) is 53.2 Å². The van der Waals surface area contributed by atoms with Gasteiger partial charge < -0.3 is 20.7 Å². The average molecular weight is 466 g/mol. The zero-order valence-electron chi connectivity index (χ0n) is 18.0. The lowest BCUT2D eigenvalue weighted by atomic mass is 9.79. The first-order valence-electron chi connectivity index (χ1n) is 10.7. The van der Waals surface area contributed by atoms with Crippen LogP contribution in [0.3, 0.4) is 0 Å². The third kappa shape index (κ3) is 4.95. The number of hydrogen-bond donors (Lipinski definition) is 3. The molecule has 1 aliphatic heterocycles. The number of nitrogens with zero attached hydrogens (tertiary/aromatic N) is 1. The van der Waals surface area contributed by atoms with Crippen LogP contribution >= 0.6 is 23.1 Å². The summed E-state index contributed by atoms with van der Waals surface area (Å²) in [5.74, 6) is 0.530. The van der Waals surface area contributed by atoms with Gasteiger partial charge in [0, 0.05) is 25.2 Å². The van der Waals surface area contributed by atoms with E-state index in [0.29, 0.717) is 17.9 Å². The molecule has 32 heavy (non-hydrogen) atoms. The van der Waals surface area contributed by atoms with Crippen LogP contribution in [0.2, 0.25) is 0 Å². The molecule has 2 heterocycles. The Kier molecular flexibility index (Phi) is 7.38. The second kappa shape index (κ2) is 10.2. The van der Waals surface area contributed by atoms with Crippen molar-refractivity contribution < 1.29 is 14.8 Å². The molecule has 0 bridgehead atoms. The first kappa shape index (κ1) is 23.1. The molecule has 0 atom stereocenters. The number of amides is 1. The number of carbonyl (C=O) groups is 1. The van der Waals surface area contributed by atoms with Gasteiger partial charge in [0.2, 0.25) is 0 Å². The number of carbonyl (C=O) groups excluding carboxylic acids is 1. The molecular formula is C24H27BN2O3S2. The zero-order chi connectivity index (χ0) is 22.7. The Morgan fingerprint density at radius 1 is 1.16 bits per heavy atom. The second-order valence-corrected chi connectivity index (χ2v) is 10.2. The first-order valence-corrected chi connectivity index (χ1v) is 12.8. The van der Waals surface area contributed by atoms with Crippen molar-refractivity contribution in [1.82, 2.24) is 4.90 Å². The van der Waals surface area contributed by atoms with Crippen molar-refractivity contribution >= 4 is 41.6 Å². The highest BCUT2D eigenvalue weighted by Crippen LogP contribution is 2.38. The Labute approximate surface area is 197 Å². The molecule has 1 aromatic heterocycles. The molecule has 4 rings (SSSR count). The molecule has 0 radical (unpaired) electrons. The third-order valence-electron chi connectivity index (χ3n) is 6.03. The van der Waals surface area contributed by atoms with Crippen LogP contribution in [-0.4, -0.2) is 47.3 Å². The molecule has 8 heteroatoms. The van der Waals surface area contributed by atoms with Gasteiger partial charge in [-0.2, -0.15) is 0 Å². The van der Waals surface area contributed by atoms with Crippen LogP contribution in [0.25, 0.3) is 11.1 Å². The number of likely N-dealkylation sites (tertiary alicyclic amines) is 1. The fourth-order valence-electron chi connectivity index (χ4n) is 4.25. The Balaban J connectivity index is 1.49. The molecule has 3 aromatic rings. The number of thioether (sulfide) groups is 1. The van der Waals surface area contributed by atoms with Gasteiger partial charge >= 0.3 is 7.12 Å². The van der Waals surface area contributed by atoms with Gasteiger partial charge in [0.15, 0.2) is 0 Å². The van der Waals surface area contributed by atoms with Crippen molar-refractivity contribution in [3.05, 3.63) is 70.6 Å². The summed E-state index contributed by atoms with van der Waals surface area (Å²) in [5.41, 5.74) is 10.5. The number of piperidine rings is 1. The Hall–Kier alpha value is -2.10. The van der Waals surface area contributed by atoms with Crippen molar-refractivity contribution in [1.29, 1.82) is 0 Å². The Morgan fingerprint density at radius 3 is 2.59 bits per heavy atom. The van der Waals surface area contributed by atoms with Crippen molar-refractivity contribution in [2.24, 2.45) is 5.73 Å². The number of rotatable bonds is 6. The van der Waals surface area contributed by atoms with Crippen LogP contribution < -0.4 is 11.2 Å². The van der Waals surface area contributed by atoms with Crippen molar-refractivity contribution in [2.75, 3.05) is 19.3 Å². The maximum Gasteiger partial charge on any atom is 0.488 e. The highest BCUT2D eigenvalue weighted by atomic mass is 32.2. The van der Waals surface area contributed by atoms with Gasteiger partial charge in [0.25, 0.3) is 5.91 Å². The molecule has 166 valence electrons. The number of hydrogen-bond acceptors (Lipinski definition) is 6. The monoisotopic (exact) mass is 466 g/mol. The SMILES string of the molecule is CSc1sc(C(=O)N2CCC(c3cccc(CN)c3)CC2)cc1-c1cccc(B(O)O)c1. The van der Waals surface area contributed by atoms with Crippen LogP contribution in [0.4, 0.5) is 0 Å². The molecule has 4 N–H and O–H groups in total. The van der Waals surface area contributed by atoms with E-state index in [-0.39, 0.29) is 5.91 Å². The normalized spacial score (nSPS) is 14.6. The molecule has 1 amide bonds. The van der Waals surface area contributed by atoms with E-state index in [4.69, 9.17) is 5.73 Å². The fraction of sp³-hybridized carbons (Fsp3) is 0.292. The van der Waals surface area contributed by atoms with Gasteiger partial charge in [-0.1, -0.05) is 48.5 Å². The summed E-state index contributed by atoms with van der Waals surface area (Å²) in [4.78, 5) is 15.9. The minimum atomic E-state index is -1.51. The van der Waals surface area contributed by atoms with Gasteiger partial charge in [-0.15, -0.1) is 23.1 Å². The average Bonchev–Trinajstić information content (AvgIpc) is 3.28. The van der Waals surface area contributed by atoms with Gasteiger partial charge in [0.05, 0.1) is 9.09 Å². The van der Waals surface area contributed by atoms with Crippen molar-refractivity contribution in [3.8, 4) is 11.1 Å². The second-order valence-electron chi connectivity index (χ2n) is 8.03. The molecule has 0 unspecified atom stereocenters. The lowest BCUT2D eigenvalue weighted by Gasteiger charge is -2.32. The standard InChI is InChI=1S/C24H27BN2O3S2/c1-31-24-21(19-6-3-7-20(13-19)25(29)30)14-22(32-24)23(28)27-10-8-17(9-11-27)18-5-2-4-16(12-18)15-26/h2-7,12-14,17,29-30H,8-11,15,26H2,1H3. The molecular weight excluding hydrogens is 439 g/mol. The van der Waals surface area contributed by atoms with E-state index < -0.39 is 7.12 Å². The minimum Gasteiger partial charge on any atom is -0.423 e. The summed E-state index contributed by atoms with van der Waals surface area (Å²) >= 11 is 3.11. The minimum absolute atomic E-state index is 0.0732. The molecule has 1 saturated heterocycles. The summed E-state index contributed by atoms with van der Waals surface area (Å²) in [5, 5.41) is 19.0. The van der Waals surface area contributed by atoms with E-state index in [1.165, 1.54) is 16.9 Å². The number of nitrogens with two attached hydrogens (primary N) is 1. The van der Waals surface area contributed by atoms with Gasteiger partial charge in [-0.25, -0.2) is 0 Å². The Morgan fingerprint density at radius 2 is 1.91 bits per heavy atom. The van der Waals surface area contributed by atoms with E-state index in [1.54, 1.807) is 30.0 Å². The van der Waals surface area contributed by atoms with Gasteiger partial charge in [0.1, 0.15) is 0 Å². The number of benzene rings is 2. The van der Waals surface area contributed by atoms with Crippen LogP contribution in [0, 0.1) is 0 Å². The maximum absolute atomic E-state index is 13.3. The molecule has 1 fully saturated rings. The maximum atomic E-state index is 13.3. The highest BCUT2D eigenvalue weighted by molar-refractivity contribution is 8.00. The summed E-state index contributed by atoms with van der Waals surface area (Å²) in [6, 6.07) is 17.6. The lowest BCUT2D eigenvalue weighted by Crippen LogP contribution is -2.37. The summed E-state index contributed by atoms with van der Waals surface area (Å²) in [6.07, 6.45) is 3.89. The van der Waals surface area contributed by atoms with E-state index in [1.807, 2.05) is 23.3 Å².